The summed E-state index contributed by atoms with van der Waals surface area (Å²) in [6.07, 6.45) is 0.982. The topological polar surface area (TPSA) is 87.3 Å². The molecule has 0 unspecified atom stereocenters. The van der Waals surface area contributed by atoms with Crippen LogP contribution >= 0.6 is 0 Å². The molecule has 20 heavy (non-hydrogen) atoms. The molecule has 0 spiro atoms. The van der Waals surface area contributed by atoms with Gasteiger partial charge in [-0.05, 0) is 12.1 Å². The van der Waals surface area contributed by atoms with E-state index in [0.29, 0.717) is 0 Å². The molecule has 0 aliphatic rings. The van der Waals surface area contributed by atoms with Crippen LogP contribution in [-0.2, 0) is 10.0 Å². The third kappa shape index (κ3) is 4.74. The number of carbonyl (C=O) groups is 1. The van der Waals surface area contributed by atoms with E-state index in [1.807, 2.05) is 0 Å². The molecule has 9 heteroatoms. The molecule has 0 atom stereocenters. The summed E-state index contributed by atoms with van der Waals surface area (Å²) in [5, 5.41) is 4.68. The van der Waals surface area contributed by atoms with Crippen LogP contribution in [0, 0.1) is 11.6 Å². The lowest BCUT2D eigenvalue weighted by atomic mass is 10.1. The lowest BCUT2D eigenvalue weighted by Crippen LogP contribution is -2.34. The number of hydrogen-bond donors (Lipinski definition) is 3. The lowest BCUT2D eigenvalue weighted by molar-refractivity contribution is 0.0953. The van der Waals surface area contributed by atoms with Crippen molar-refractivity contribution < 1.29 is 22.0 Å². The SMILES string of the molecule is CNc1c(F)cc(C(=O)NCCNS(C)(=O)=O)cc1F. The van der Waals surface area contributed by atoms with Gasteiger partial charge in [0.15, 0.2) is 0 Å². The van der Waals surface area contributed by atoms with Gasteiger partial charge in [0.1, 0.15) is 17.3 Å². The van der Waals surface area contributed by atoms with Crippen LogP contribution in [0.4, 0.5) is 14.5 Å². The van der Waals surface area contributed by atoms with Gasteiger partial charge in [0.25, 0.3) is 5.91 Å². The number of halogens is 2. The maximum absolute atomic E-state index is 13.4. The summed E-state index contributed by atoms with van der Waals surface area (Å²) < 4.78 is 50.6. The van der Waals surface area contributed by atoms with E-state index in [1.165, 1.54) is 7.05 Å². The lowest BCUT2D eigenvalue weighted by Gasteiger charge is -2.08. The predicted molar refractivity (Wildman–Crippen MR) is 71.1 cm³/mol. The van der Waals surface area contributed by atoms with Crippen molar-refractivity contribution in [1.82, 2.24) is 10.0 Å². The Balaban J connectivity index is 2.65. The number of rotatable bonds is 6. The summed E-state index contributed by atoms with van der Waals surface area (Å²) in [5.74, 6) is -2.46. The van der Waals surface area contributed by atoms with Gasteiger partial charge in [-0.1, -0.05) is 0 Å². The van der Waals surface area contributed by atoms with Crippen molar-refractivity contribution in [3.63, 3.8) is 0 Å². The highest BCUT2D eigenvalue weighted by atomic mass is 32.2. The van der Waals surface area contributed by atoms with Crippen LogP contribution in [0.3, 0.4) is 0 Å². The summed E-state index contributed by atoms with van der Waals surface area (Å²) >= 11 is 0. The quantitative estimate of drug-likeness (QED) is 0.659. The van der Waals surface area contributed by atoms with Gasteiger partial charge >= 0.3 is 0 Å². The van der Waals surface area contributed by atoms with Crippen molar-refractivity contribution in [1.29, 1.82) is 0 Å². The molecule has 1 aromatic rings. The van der Waals surface area contributed by atoms with E-state index in [4.69, 9.17) is 0 Å². The van der Waals surface area contributed by atoms with Gasteiger partial charge in [0, 0.05) is 25.7 Å². The van der Waals surface area contributed by atoms with Gasteiger partial charge in [-0.2, -0.15) is 0 Å². The van der Waals surface area contributed by atoms with Crippen molar-refractivity contribution in [3.05, 3.63) is 29.3 Å². The minimum Gasteiger partial charge on any atom is -0.383 e. The number of hydrogen-bond acceptors (Lipinski definition) is 4. The molecule has 0 saturated carbocycles. The molecule has 1 rings (SSSR count). The molecule has 6 nitrogen and oxygen atoms in total. The molecule has 0 bridgehead atoms. The number of anilines is 1. The molecule has 0 saturated heterocycles. The highest BCUT2D eigenvalue weighted by Gasteiger charge is 2.14. The number of sulfonamides is 1. The Morgan fingerprint density at radius 2 is 1.75 bits per heavy atom. The second kappa shape index (κ2) is 6.62. The van der Waals surface area contributed by atoms with Gasteiger partial charge in [-0.15, -0.1) is 0 Å². The van der Waals surface area contributed by atoms with Crippen LogP contribution in [0.2, 0.25) is 0 Å². The summed E-state index contributed by atoms with van der Waals surface area (Å²) in [6, 6.07) is 1.79. The van der Waals surface area contributed by atoms with E-state index in [-0.39, 0.29) is 24.3 Å². The fourth-order valence-electron chi connectivity index (χ4n) is 1.46. The molecule has 3 N–H and O–H groups in total. The first-order valence-corrected chi connectivity index (χ1v) is 7.53. The molecular formula is C11H15F2N3O3S. The molecule has 0 fully saturated rings. The van der Waals surface area contributed by atoms with E-state index in [1.54, 1.807) is 0 Å². The second-order valence-electron chi connectivity index (χ2n) is 3.99. The molecular weight excluding hydrogens is 292 g/mol. The second-order valence-corrected chi connectivity index (χ2v) is 5.82. The molecule has 0 aliphatic carbocycles. The van der Waals surface area contributed by atoms with Crippen LogP contribution in [0.1, 0.15) is 10.4 Å². The molecule has 0 aromatic heterocycles. The van der Waals surface area contributed by atoms with Gasteiger partial charge in [0.2, 0.25) is 10.0 Å². The Morgan fingerprint density at radius 3 is 2.20 bits per heavy atom. The molecule has 0 heterocycles. The molecule has 112 valence electrons. The van der Waals surface area contributed by atoms with E-state index in [0.717, 1.165) is 18.4 Å². The van der Waals surface area contributed by atoms with Gasteiger partial charge in [-0.3, -0.25) is 4.79 Å². The number of nitrogens with one attached hydrogen (secondary N) is 3. The predicted octanol–water partition coefficient (Wildman–Crippen LogP) is 0.285. The van der Waals surface area contributed by atoms with Gasteiger partial charge < -0.3 is 10.6 Å². The Morgan fingerprint density at radius 1 is 1.20 bits per heavy atom. The Bertz CT molecular complexity index is 582. The van der Waals surface area contributed by atoms with Crippen molar-refractivity contribution in [2.45, 2.75) is 0 Å². The third-order valence-corrected chi connectivity index (χ3v) is 3.06. The first-order chi connectivity index (χ1) is 9.24. The Hall–Kier alpha value is -1.74. The minimum atomic E-state index is -3.34. The summed E-state index contributed by atoms with van der Waals surface area (Å²) in [5.41, 5.74) is -0.501. The number of amides is 1. The van der Waals surface area contributed by atoms with Crippen molar-refractivity contribution in [2.24, 2.45) is 0 Å². The van der Waals surface area contributed by atoms with E-state index in [9.17, 15) is 22.0 Å². The van der Waals surface area contributed by atoms with Gasteiger partial charge in [-0.25, -0.2) is 21.9 Å². The minimum absolute atomic E-state index is 0.00290. The molecule has 1 amide bonds. The van der Waals surface area contributed by atoms with E-state index < -0.39 is 27.6 Å². The van der Waals surface area contributed by atoms with Crippen LogP contribution in [-0.4, -0.2) is 40.7 Å². The maximum Gasteiger partial charge on any atom is 0.251 e. The zero-order chi connectivity index (χ0) is 15.3. The zero-order valence-electron chi connectivity index (χ0n) is 11.0. The van der Waals surface area contributed by atoms with Crippen LogP contribution in [0.25, 0.3) is 0 Å². The van der Waals surface area contributed by atoms with Crippen molar-refractivity contribution in [2.75, 3.05) is 31.7 Å². The van der Waals surface area contributed by atoms with Crippen LogP contribution in [0.15, 0.2) is 12.1 Å². The first-order valence-electron chi connectivity index (χ1n) is 5.64. The maximum atomic E-state index is 13.4. The van der Waals surface area contributed by atoms with E-state index >= 15 is 0 Å². The standard InChI is InChI=1S/C11H15F2N3O3S/c1-14-10-8(12)5-7(6-9(10)13)11(17)15-3-4-16-20(2,18)19/h5-6,14,16H,3-4H2,1-2H3,(H,15,17). The fraction of sp³-hybridized carbons (Fsp3) is 0.364. The first kappa shape index (κ1) is 16.3. The highest BCUT2D eigenvalue weighted by Crippen LogP contribution is 2.19. The number of benzene rings is 1. The zero-order valence-corrected chi connectivity index (χ0v) is 11.8. The molecule has 0 aliphatic heterocycles. The van der Waals surface area contributed by atoms with Crippen LogP contribution in [0.5, 0.6) is 0 Å². The highest BCUT2D eigenvalue weighted by molar-refractivity contribution is 7.88. The number of carbonyl (C=O) groups excluding carboxylic acids is 1. The summed E-state index contributed by atoms with van der Waals surface area (Å²) in [7, 11) is -1.98. The summed E-state index contributed by atoms with van der Waals surface area (Å²) in [6.45, 7) is -0.00689. The smallest absolute Gasteiger partial charge is 0.251 e. The summed E-state index contributed by atoms with van der Waals surface area (Å²) in [4.78, 5) is 11.6. The van der Waals surface area contributed by atoms with Crippen molar-refractivity contribution >= 4 is 21.6 Å². The van der Waals surface area contributed by atoms with Crippen LogP contribution < -0.4 is 15.4 Å². The molecule has 1 aromatic carbocycles. The van der Waals surface area contributed by atoms with Crippen molar-refractivity contribution in [3.8, 4) is 0 Å². The van der Waals surface area contributed by atoms with Gasteiger partial charge in [0.05, 0.1) is 6.26 Å². The average molecular weight is 307 g/mol. The Kier molecular flexibility index (Phi) is 5.40. The third-order valence-electron chi connectivity index (χ3n) is 2.33. The Labute approximate surface area is 115 Å². The fourth-order valence-corrected chi connectivity index (χ4v) is 1.93. The monoisotopic (exact) mass is 307 g/mol. The normalized spacial score (nSPS) is 11.2. The largest absolute Gasteiger partial charge is 0.383 e. The van der Waals surface area contributed by atoms with E-state index in [2.05, 4.69) is 15.4 Å². The molecule has 0 radical (unpaired) electrons. The average Bonchev–Trinajstić information content (AvgIpc) is 2.32.